The molecule has 2 aromatic heterocycles. The zero-order valence-corrected chi connectivity index (χ0v) is 10.1. The molecule has 0 aliphatic carbocycles. The highest BCUT2D eigenvalue weighted by Crippen LogP contribution is 2.27. The maximum absolute atomic E-state index is 5.08. The molecule has 76 valence electrons. The SMILES string of the molecule is CC.COc1ncc(Br)c2cc[nH]c12. The largest absolute Gasteiger partial charge is 0.479 e. The number of nitrogens with zero attached hydrogens (tertiary/aromatic N) is 1. The molecule has 0 saturated heterocycles. The lowest BCUT2D eigenvalue weighted by atomic mass is 10.3. The number of pyridine rings is 1. The fourth-order valence-electron chi connectivity index (χ4n) is 1.15. The van der Waals surface area contributed by atoms with E-state index in [1.807, 2.05) is 26.1 Å². The molecule has 0 atom stereocenters. The van der Waals surface area contributed by atoms with Gasteiger partial charge in [0.05, 0.1) is 7.11 Å². The minimum Gasteiger partial charge on any atom is -0.479 e. The number of nitrogens with one attached hydrogen (secondary N) is 1. The van der Waals surface area contributed by atoms with Gasteiger partial charge in [-0.15, -0.1) is 0 Å². The number of hydrogen-bond acceptors (Lipinski definition) is 2. The molecule has 0 aliphatic heterocycles. The number of aromatic amines is 1. The van der Waals surface area contributed by atoms with E-state index in [1.54, 1.807) is 13.3 Å². The molecule has 2 rings (SSSR count). The Bertz CT molecular complexity index is 411. The lowest BCUT2D eigenvalue weighted by Gasteiger charge is -2.00. The van der Waals surface area contributed by atoms with E-state index in [-0.39, 0.29) is 0 Å². The highest BCUT2D eigenvalue weighted by Gasteiger charge is 2.05. The molecule has 2 heterocycles. The van der Waals surface area contributed by atoms with Gasteiger partial charge in [-0.05, 0) is 22.0 Å². The molecular formula is C10H13BrN2O. The summed E-state index contributed by atoms with van der Waals surface area (Å²) in [7, 11) is 1.61. The Morgan fingerprint density at radius 1 is 1.43 bits per heavy atom. The van der Waals surface area contributed by atoms with E-state index in [4.69, 9.17) is 4.74 Å². The summed E-state index contributed by atoms with van der Waals surface area (Å²) in [4.78, 5) is 7.16. The van der Waals surface area contributed by atoms with Gasteiger partial charge in [-0.3, -0.25) is 0 Å². The van der Waals surface area contributed by atoms with Gasteiger partial charge in [0.2, 0.25) is 5.88 Å². The summed E-state index contributed by atoms with van der Waals surface area (Å²) < 4.78 is 6.05. The van der Waals surface area contributed by atoms with E-state index in [0.717, 1.165) is 15.4 Å². The smallest absolute Gasteiger partial charge is 0.238 e. The van der Waals surface area contributed by atoms with Crippen LogP contribution in [0.2, 0.25) is 0 Å². The second-order valence-corrected chi connectivity index (χ2v) is 3.24. The molecule has 0 amide bonds. The predicted molar refractivity (Wildman–Crippen MR) is 61.7 cm³/mol. The molecule has 2 aromatic rings. The van der Waals surface area contributed by atoms with Crippen LogP contribution in [0.5, 0.6) is 5.88 Å². The molecule has 0 aromatic carbocycles. The number of ether oxygens (including phenoxy) is 1. The van der Waals surface area contributed by atoms with Crippen molar-refractivity contribution in [3.63, 3.8) is 0 Å². The van der Waals surface area contributed by atoms with Crippen molar-refractivity contribution >= 4 is 26.8 Å². The summed E-state index contributed by atoms with van der Waals surface area (Å²) in [5.41, 5.74) is 0.923. The topological polar surface area (TPSA) is 37.9 Å². The Morgan fingerprint density at radius 3 is 2.79 bits per heavy atom. The van der Waals surface area contributed by atoms with Crippen molar-refractivity contribution in [2.24, 2.45) is 0 Å². The zero-order chi connectivity index (χ0) is 10.6. The second-order valence-electron chi connectivity index (χ2n) is 2.38. The molecule has 0 spiro atoms. The molecule has 3 nitrogen and oxygen atoms in total. The molecule has 4 heteroatoms. The molecule has 0 fully saturated rings. The minimum atomic E-state index is 0.623. The van der Waals surface area contributed by atoms with Gasteiger partial charge in [-0.25, -0.2) is 4.98 Å². The van der Waals surface area contributed by atoms with Gasteiger partial charge in [0, 0.05) is 22.3 Å². The molecule has 14 heavy (non-hydrogen) atoms. The first-order chi connectivity index (χ1) is 6.83. The van der Waals surface area contributed by atoms with Crippen LogP contribution in [0.25, 0.3) is 10.9 Å². The average Bonchev–Trinajstić information content (AvgIpc) is 2.71. The summed E-state index contributed by atoms with van der Waals surface area (Å²) in [6.45, 7) is 4.00. The summed E-state index contributed by atoms with van der Waals surface area (Å²) >= 11 is 3.40. The third kappa shape index (κ3) is 1.90. The molecule has 0 aliphatic rings. The Balaban J connectivity index is 0.000000461. The van der Waals surface area contributed by atoms with Crippen molar-refractivity contribution < 1.29 is 4.74 Å². The second kappa shape index (κ2) is 5.00. The van der Waals surface area contributed by atoms with Gasteiger partial charge < -0.3 is 9.72 Å². The lowest BCUT2D eigenvalue weighted by molar-refractivity contribution is 0.402. The van der Waals surface area contributed by atoms with Crippen molar-refractivity contribution in [3.8, 4) is 5.88 Å². The van der Waals surface area contributed by atoms with Gasteiger partial charge >= 0.3 is 0 Å². The van der Waals surface area contributed by atoms with Crippen molar-refractivity contribution in [2.45, 2.75) is 13.8 Å². The normalized spacial score (nSPS) is 9.43. The molecular weight excluding hydrogens is 244 g/mol. The van der Waals surface area contributed by atoms with Crippen LogP contribution >= 0.6 is 15.9 Å². The van der Waals surface area contributed by atoms with Crippen molar-refractivity contribution in [1.29, 1.82) is 0 Å². The number of fused-ring (bicyclic) bond motifs is 1. The highest BCUT2D eigenvalue weighted by atomic mass is 79.9. The predicted octanol–water partition coefficient (Wildman–Crippen LogP) is 3.36. The van der Waals surface area contributed by atoms with Crippen LogP contribution in [0.3, 0.4) is 0 Å². The van der Waals surface area contributed by atoms with Gasteiger partial charge in [0.1, 0.15) is 5.52 Å². The Morgan fingerprint density at radius 2 is 2.14 bits per heavy atom. The van der Waals surface area contributed by atoms with Crippen LogP contribution in [-0.4, -0.2) is 17.1 Å². The number of methoxy groups -OCH3 is 1. The number of H-pyrrole nitrogens is 1. The van der Waals surface area contributed by atoms with Crippen molar-refractivity contribution in [1.82, 2.24) is 9.97 Å². The number of rotatable bonds is 1. The minimum absolute atomic E-state index is 0.623. The van der Waals surface area contributed by atoms with Crippen LogP contribution in [0, 0.1) is 0 Å². The number of aromatic nitrogens is 2. The van der Waals surface area contributed by atoms with Crippen LogP contribution < -0.4 is 4.74 Å². The first-order valence-corrected chi connectivity index (χ1v) is 5.28. The third-order valence-corrected chi connectivity index (χ3v) is 2.34. The van der Waals surface area contributed by atoms with Gasteiger partial charge in [0.15, 0.2) is 0 Å². The van der Waals surface area contributed by atoms with E-state index >= 15 is 0 Å². The molecule has 0 saturated carbocycles. The summed E-state index contributed by atoms with van der Waals surface area (Å²) in [5, 5.41) is 1.09. The fourth-order valence-corrected chi connectivity index (χ4v) is 1.58. The maximum atomic E-state index is 5.08. The van der Waals surface area contributed by atoms with E-state index in [2.05, 4.69) is 25.9 Å². The van der Waals surface area contributed by atoms with Crippen molar-refractivity contribution in [3.05, 3.63) is 22.9 Å². The van der Waals surface area contributed by atoms with E-state index in [9.17, 15) is 0 Å². The van der Waals surface area contributed by atoms with Crippen LogP contribution in [0.15, 0.2) is 22.9 Å². The fraction of sp³-hybridized carbons (Fsp3) is 0.300. The van der Waals surface area contributed by atoms with Gasteiger partial charge in [-0.2, -0.15) is 0 Å². The first-order valence-electron chi connectivity index (χ1n) is 4.48. The van der Waals surface area contributed by atoms with Crippen LogP contribution in [-0.2, 0) is 0 Å². The lowest BCUT2D eigenvalue weighted by Crippen LogP contribution is -1.88. The average molecular weight is 257 g/mol. The zero-order valence-electron chi connectivity index (χ0n) is 8.47. The number of hydrogen-bond donors (Lipinski definition) is 1. The van der Waals surface area contributed by atoms with E-state index in [0.29, 0.717) is 5.88 Å². The van der Waals surface area contributed by atoms with Crippen LogP contribution in [0.1, 0.15) is 13.8 Å². The van der Waals surface area contributed by atoms with Gasteiger partial charge in [0.25, 0.3) is 0 Å². The summed E-state index contributed by atoms with van der Waals surface area (Å²) in [6.07, 6.45) is 3.59. The summed E-state index contributed by atoms with van der Waals surface area (Å²) in [6, 6.07) is 1.98. The van der Waals surface area contributed by atoms with Crippen molar-refractivity contribution in [2.75, 3.05) is 7.11 Å². The van der Waals surface area contributed by atoms with Gasteiger partial charge in [-0.1, -0.05) is 13.8 Å². The molecule has 0 unspecified atom stereocenters. The monoisotopic (exact) mass is 256 g/mol. The standard InChI is InChI=1S/C8H7BrN2O.C2H6/c1-12-8-7-5(2-3-10-7)6(9)4-11-8;1-2/h2-4,10H,1H3;1-2H3. The quantitative estimate of drug-likeness (QED) is 0.850. The maximum Gasteiger partial charge on any atom is 0.238 e. The molecule has 1 N–H and O–H groups in total. The Labute approximate surface area is 91.6 Å². The highest BCUT2D eigenvalue weighted by molar-refractivity contribution is 9.10. The van der Waals surface area contributed by atoms with E-state index < -0.39 is 0 Å². The van der Waals surface area contributed by atoms with Crippen LogP contribution in [0.4, 0.5) is 0 Å². The third-order valence-electron chi connectivity index (χ3n) is 1.71. The van der Waals surface area contributed by atoms with E-state index in [1.165, 1.54) is 0 Å². The molecule has 0 radical (unpaired) electrons. The summed E-state index contributed by atoms with van der Waals surface area (Å²) in [5.74, 6) is 0.623. The first kappa shape index (κ1) is 11.0. The molecule has 0 bridgehead atoms. The Kier molecular flexibility index (Phi) is 3.95. The Hall–Kier alpha value is -1.03. The number of halogens is 1.